The third kappa shape index (κ3) is 3.66. The van der Waals surface area contributed by atoms with Crippen molar-refractivity contribution in [1.29, 1.82) is 0 Å². The SMILES string of the molecule is COc1cc(C=c2sc3n(c2=O)CN(c2cccc(C)c2)CN=3)cc(OC)c1OC. The predicted molar refractivity (Wildman–Crippen MR) is 118 cm³/mol. The molecule has 0 radical (unpaired) electrons. The van der Waals surface area contributed by atoms with Gasteiger partial charge in [-0.3, -0.25) is 9.36 Å². The highest BCUT2D eigenvalue weighted by Crippen LogP contribution is 2.38. The topological polar surface area (TPSA) is 65.3 Å². The Hall–Kier alpha value is -3.26. The van der Waals surface area contributed by atoms with Crippen molar-refractivity contribution < 1.29 is 14.2 Å². The summed E-state index contributed by atoms with van der Waals surface area (Å²) in [6.45, 7) is 3.05. The summed E-state index contributed by atoms with van der Waals surface area (Å²) in [5, 5.41) is 0. The lowest BCUT2D eigenvalue weighted by atomic mass is 10.1. The van der Waals surface area contributed by atoms with Crippen LogP contribution in [0.25, 0.3) is 6.08 Å². The Morgan fingerprint density at radius 1 is 1.07 bits per heavy atom. The smallest absolute Gasteiger partial charge is 0.271 e. The van der Waals surface area contributed by atoms with E-state index in [4.69, 9.17) is 14.2 Å². The number of methoxy groups -OCH3 is 3. The fourth-order valence-electron chi connectivity index (χ4n) is 3.44. The van der Waals surface area contributed by atoms with Gasteiger partial charge in [-0.15, -0.1) is 0 Å². The van der Waals surface area contributed by atoms with E-state index in [-0.39, 0.29) is 5.56 Å². The van der Waals surface area contributed by atoms with Crippen molar-refractivity contribution in [2.45, 2.75) is 13.6 Å². The molecular formula is C22H23N3O4S. The van der Waals surface area contributed by atoms with Gasteiger partial charge >= 0.3 is 0 Å². The minimum atomic E-state index is -0.0649. The quantitative estimate of drug-likeness (QED) is 0.627. The van der Waals surface area contributed by atoms with Crippen LogP contribution in [0.1, 0.15) is 11.1 Å². The first-order valence-corrected chi connectivity index (χ1v) is 10.2. The van der Waals surface area contributed by atoms with E-state index in [0.717, 1.165) is 16.1 Å². The molecule has 4 rings (SSSR count). The van der Waals surface area contributed by atoms with Gasteiger partial charge in [-0.1, -0.05) is 23.5 Å². The number of aromatic nitrogens is 1. The van der Waals surface area contributed by atoms with Gasteiger partial charge in [0.15, 0.2) is 16.3 Å². The zero-order chi connectivity index (χ0) is 21.3. The molecule has 1 aromatic heterocycles. The van der Waals surface area contributed by atoms with Crippen LogP contribution in [-0.4, -0.2) is 32.6 Å². The van der Waals surface area contributed by atoms with Crippen LogP contribution in [0.4, 0.5) is 5.69 Å². The van der Waals surface area contributed by atoms with Gasteiger partial charge < -0.3 is 19.1 Å². The number of anilines is 1. The normalized spacial score (nSPS) is 13.6. The first-order valence-electron chi connectivity index (χ1n) is 9.41. The molecule has 0 amide bonds. The van der Waals surface area contributed by atoms with Crippen LogP contribution in [0.5, 0.6) is 17.2 Å². The molecule has 0 unspecified atom stereocenters. The molecule has 8 heteroatoms. The second-order valence-electron chi connectivity index (χ2n) is 6.90. The number of hydrogen-bond acceptors (Lipinski definition) is 7. The van der Waals surface area contributed by atoms with E-state index in [2.05, 4.69) is 28.9 Å². The number of aryl methyl sites for hydroxylation is 1. The largest absolute Gasteiger partial charge is 0.493 e. The molecule has 7 nitrogen and oxygen atoms in total. The maximum absolute atomic E-state index is 13.1. The van der Waals surface area contributed by atoms with E-state index in [9.17, 15) is 4.79 Å². The molecule has 0 saturated carbocycles. The summed E-state index contributed by atoms with van der Waals surface area (Å²) in [6.07, 6.45) is 1.83. The molecule has 0 saturated heterocycles. The molecule has 0 spiro atoms. The third-order valence-corrected chi connectivity index (χ3v) is 5.97. The van der Waals surface area contributed by atoms with E-state index in [1.807, 2.05) is 30.3 Å². The van der Waals surface area contributed by atoms with E-state index < -0.39 is 0 Å². The lowest BCUT2D eigenvalue weighted by molar-refractivity contribution is 0.324. The van der Waals surface area contributed by atoms with E-state index >= 15 is 0 Å². The molecule has 2 heterocycles. The van der Waals surface area contributed by atoms with Crippen molar-refractivity contribution in [3.63, 3.8) is 0 Å². The average molecular weight is 426 g/mol. The second kappa shape index (κ2) is 8.23. The standard InChI is InChI=1S/C22H23N3O4S/c1-14-6-5-7-16(8-14)24-12-23-22-25(13-24)21(26)19(30-22)11-15-9-17(27-2)20(29-4)18(10-15)28-3/h5-11H,12-13H2,1-4H3. The zero-order valence-electron chi connectivity index (χ0n) is 17.3. The number of benzene rings is 2. The molecule has 0 N–H and O–H groups in total. The number of ether oxygens (including phenoxy) is 3. The molecule has 0 atom stereocenters. The van der Waals surface area contributed by atoms with Gasteiger partial charge in [0.25, 0.3) is 5.56 Å². The Kier molecular flexibility index (Phi) is 5.50. The molecule has 0 bridgehead atoms. The van der Waals surface area contributed by atoms with Gasteiger partial charge in [-0.2, -0.15) is 0 Å². The summed E-state index contributed by atoms with van der Waals surface area (Å²) in [6, 6.07) is 11.8. The van der Waals surface area contributed by atoms with Crippen molar-refractivity contribution in [2.75, 3.05) is 32.9 Å². The van der Waals surface area contributed by atoms with Crippen LogP contribution < -0.4 is 34.0 Å². The monoisotopic (exact) mass is 425 g/mol. The van der Waals surface area contributed by atoms with Gasteiger partial charge in [-0.05, 0) is 48.4 Å². The highest BCUT2D eigenvalue weighted by Gasteiger charge is 2.17. The molecule has 1 aliphatic rings. The molecule has 0 aliphatic carbocycles. The van der Waals surface area contributed by atoms with Gasteiger partial charge in [0.2, 0.25) is 5.75 Å². The lowest BCUT2D eigenvalue weighted by Crippen LogP contribution is -2.42. The molecule has 1 aliphatic heterocycles. The minimum Gasteiger partial charge on any atom is -0.493 e. The maximum Gasteiger partial charge on any atom is 0.271 e. The summed E-state index contributed by atoms with van der Waals surface area (Å²) in [7, 11) is 4.70. The molecule has 30 heavy (non-hydrogen) atoms. The highest BCUT2D eigenvalue weighted by atomic mass is 32.1. The summed E-state index contributed by atoms with van der Waals surface area (Å²) >= 11 is 1.38. The highest BCUT2D eigenvalue weighted by molar-refractivity contribution is 7.07. The van der Waals surface area contributed by atoms with E-state index in [1.165, 1.54) is 16.9 Å². The number of thiazole rings is 1. The van der Waals surface area contributed by atoms with Crippen molar-refractivity contribution in [1.82, 2.24) is 4.57 Å². The van der Waals surface area contributed by atoms with Crippen molar-refractivity contribution in [3.05, 3.63) is 67.2 Å². The maximum atomic E-state index is 13.1. The number of fused-ring (bicyclic) bond motifs is 1. The Bertz CT molecular complexity index is 1240. The molecule has 0 fully saturated rings. The van der Waals surface area contributed by atoms with Crippen LogP contribution in [0.3, 0.4) is 0 Å². The van der Waals surface area contributed by atoms with Crippen molar-refractivity contribution in [2.24, 2.45) is 4.99 Å². The Morgan fingerprint density at radius 2 is 1.80 bits per heavy atom. The first-order chi connectivity index (χ1) is 14.5. The van der Waals surface area contributed by atoms with Crippen molar-refractivity contribution >= 4 is 23.1 Å². The van der Waals surface area contributed by atoms with E-state index in [0.29, 0.717) is 35.1 Å². The average Bonchev–Trinajstić information content (AvgIpc) is 3.07. The molecule has 2 aromatic carbocycles. The van der Waals surface area contributed by atoms with Gasteiger partial charge in [0.05, 0.1) is 25.9 Å². The fraction of sp³-hybridized carbons (Fsp3) is 0.273. The van der Waals surface area contributed by atoms with Gasteiger partial charge in [0.1, 0.15) is 13.3 Å². The first kappa shape index (κ1) is 20.0. The predicted octanol–water partition coefficient (Wildman–Crippen LogP) is 2.13. The molecule has 156 valence electrons. The Morgan fingerprint density at radius 3 is 2.43 bits per heavy atom. The van der Waals surface area contributed by atoms with Crippen LogP contribution in [0.2, 0.25) is 0 Å². The van der Waals surface area contributed by atoms with Gasteiger partial charge in [0, 0.05) is 5.69 Å². The number of hydrogen-bond donors (Lipinski definition) is 0. The minimum absolute atomic E-state index is 0.0649. The Balaban J connectivity index is 1.74. The second-order valence-corrected chi connectivity index (χ2v) is 7.91. The Labute approximate surface area is 178 Å². The van der Waals surface area contributed by atoms with Crippen molar-refractivity contribution in [3.8, 4) is 17.2 Å². The van der Waals surface area contributed by atoms with Crippen LogP contribution >= 0.6 is 11.3 Å². The van der Waals surface area contributed by atoms with E-state index in [1.54, 1.807) is 25.9 Å². The number of nitrogens with zero attached hydrogens (tertiary/aromatic N) is 3. The summed E-state index contributed by atoms with van der Waals surface area (Å²) in [4.78, 5) is 20.5. The molecule has 3 aromatic rings. The summed E-state index contributed by atoms with van der Waals surface area (Å²) in [5.74, 6) is 1.60. The summed E-state index contributed by atoms with van der Waals surface area (Å²) in [5.41, 5.74) is 2.95. The summed E-state index contributed by atoms with van der Waals surface area (Å²) < 4.78 is 18.5. The van der Waals surface area contributed by atoms with Crippen LogP contribution in [0, 0.1) is 6.92 Å². The van der Waals surface area contributed by atoms with Crippen LogP contribution in [0.15, 0.2) is 46.2 Å². The zero-order valence-corrected chi connectivity index (χ0v) is 18.2. The van der Waals surface area contributed by atoms with Gasteiger partial charge in [-0.25, -0.2) is 4.99 Å². The lowest BCUT2D eigenvalue weighted by Gasteiger charge is -2.25. The molecular weight excluding hydrogens is 402 g/mol. The fourth-order valence-corrected chi connectivity index (χ4v) is 4.40. The van der Waals surface area contributed by atoms with Crippen LogP contribution in [-0.2, 0) is 6.67 Å². The number of rotatable bonds is 5. The third-order valence-electron chi connectivity index (χ3n) is 4.93.